The molecule has 1 fully saturated rings. The van der Waals surface area contributed by atoms with Crippen molar-refractivity contribution in [3.63, 3.8) is 0 Å². The lowest BCUT2D eigenvalue weighted by Crippen LogP contribution is -2.43. The number of piperidine rings is 1. The van der Waals surface area contributed by atoms with E-state index < -0.39 is 0 Å². The molecule has 4 rings (SSSR count). The van der Waals surface area contributed by atoms with Gasteiger partial charge < -0.3 is 10.1 Å². The monoisotopic (exact) mass is 377 g/mol. The summed E-state index contributed by atoms with van der Waals surface area (Å²) in [5.74, 6) is -0.195. The normalized spacial score (nSPS) is 17.6. The first-order valence-corrected chi connectivity index (χ1v) is 10.0. The highest BCUT2D eigenvalue weighted by atomic mass is 19.1. The molecule has 28 heavy (non-hydrogen) atoms. The summed E-state index contributed by atoms with van der Waals surface area (Å²) in [6.07, 6.45) is 1.91. The van der Waals surface area contributed by atoms with Gasteiger partial charge in [-0.1, -0.05) is 29.7 Å². The maximum Gasteiger partial charge on any atom is 0.167 e. The van der Waals surface area contributed by atoms with Crippen LogP contribution in [0.1, 0.15) is 37.0 Å². The maximum absolute atomic E-state index is 13.4. The lowest BCUT2D eigenvalue weighted by atomic mass is 9.74. The van der Waals surface area contributed by atoms with Gasteiger partial charge in [-0.3, -0.25) is 5.10 Å². The molecule has 1 saturated heterocycles. The van der Waals surface area contributed by atoms with Crippen LogP contribution in [0.5, 0.6) is 0 Å². The van der Waals surface area contributed by atoms with Gasteiger partial charge in [-0.2, -0.15) is 5.10 Å². The number of halogens is 1. The lowest BCUT2D eigenvalue weighted by Gasteiger charge is -2.38. The molecule has 0 unspecified atom stereocenters. The van der Waals surface area contributed by atoms with Gasteiger partial charge in [-0.15, -0.1) is 0 Å². The Bertz CT molecular complexity index is 968. The van der Waals surface area contributed by atoms with Crippen LogP contribution in [0.3, 0.4) is 0 Å². The van der Waals surface area contributed by atoms with Gasteiger partial charge >= 0.3 is 0 Å². The first-order chi connectivity index (χ1) is 13.5. The van der Waals surface area contributed by atoms with Crippen molar-refractivity contribution in [2.24, 2.45) is 0 Å². The second-order valence-electron chi connectivity index (χ2n) is 8.08. The summed E-state index contributed by atoms with van der Waals surface area (Å²) >= 11 is 0. The lowest BCUT2D eigenvalue weighted by molar-refractivity contribution is 0.0173. The fraction of sp³-hybridized carbons (Fsp3) is 0.381. The Balaban J connectivity index is 1.60. The Morgan fingerprint density at radius 2 is 1.89 bits per heavy atom. The fourth-order valence-electron chi connectivity index (χ4n) is 4.34. The van der Waals surface area contributed by atoms with Crippen molar-refractivity contribution in [2.45, 2.75) is 31.3 Å². The number of hydrogen-bond acceptors (Lipinski definition) is 3. The van der Waals surface area contributed by atoms with Gasteiger partial charge in [0.15, 0.2) is 7.85 Å². The van der Waals surface area contributed by atoms with E-state index in [-0.39, 0.29) is 17.3 Å². The summed E-state index contributed by atoms with van der Waals surface area (Å²) in [4.78, 5) is 0. The Labute approximate surface area is 167 Å². The molecule has 7 heteroatoms. The Morgan fingerprint density at radius 3 is 2.61 bits per heavy atom. The molecule has 4 nitrogen and oxygen atoms in total. The Hall–Kier alpha value is -2.11. The number of benzene rings is 2. The van der Waals surface area contributed by atoms with Crippen LogP contribution in [0.2, 0.25) is 0 Å². The number of aromatic nitrogens is 2. The van der Waals surface area contributed by atoms with Gasteiger partial charge in [0.05, 0.1) is 18.2 Å². The molecule has 0 radical (unpaired) electrons. The van der Waals surface area contributed by atoms with Gasteiger partial charge in [0, 0.05) is 22.0 Å². The summed E-state index contributed by atoms with van der Waals surface area (Å²) in [6.45, 7) is 4.61. The second-order valence-corrected chi connectivity index (χ2v) is 8.08. The van der Waals surface area contributed by atoms with Crippen molar-refractivity contribution in [1.82, 2.24) is 15.5 Å². The third-order valence-corrected chi connectivity index (χ3v) is 6.10. The summed E-state index contributed by atoms with van der Waals surface area (Å²) in [6, 6.07) is 11.3. The molecule has 1 aromatic heterocycles. The largest absolute Gasteiger partial charge is 0.373 e. The van der Waals surface area contributed by atoms with Crippen molar-refractivity contribution in [2.75, 3.05) is 19.7 Å². The van der Waals surface area contributed by atoms with Crippen LogP contribution in [0.25, 0.3) is 10.9 Å². The smallest absolute Gasteiger partial charge is 0.167 e. The van der Waals surface area contributed by atoms with E-state index in [1.54, 1.807) is 12.1 Å². The first-order valence-electron chi connectivity index (χ1n) is 10.0. The molecule has 3 aromatic rings. The van der Waals surface area contributed by atoms with E-state index in [1.807, 2.05) is 20.0 Å². The summed E-state index contributed by atoms with van der Waals surface area (Å²) in [5.41, 5.74) is 5.48. The van der Waals surface area contributed by atoms with Crippen LogP contribution < -0.4 is 16.4 Å². The molecule has 0 aliphatic carbocycles. The van der Waals surface area contributed by atoms with E-state index in [4.69, 9.17) is 4.74 Å². The third kappa shape index (κ3) is 3.61. The molecule has 2 aromatic carbocycles. The number of aromatic amines is 1. The molecular weight excluding hydrogens is 351 g/mol. The fourth-order valence-corrected chi connectivity index (χ4v) is 4.34. The van der Waals surface area contributed by atoms with Gasteiger partial charge in [0.25, 0.3) is 0 Å². The zero-order chi connectivity index (χ0) is 19.7. The van der Waals surface area contributed by atoms with E-state index in [9.17, 15) is 4.39 Å². The number of rotatable bonds is 5. The van der Waals surface area contributed by atoms with E-state index in [2.05, 4.69) is 42.4 Å². The topological polar surface area (TPSA) is 49.9 Å². The minimum atomic E-state index is -0.195. The van der Waals surface area contributed by atoms with Crippen molar-refractivity contribution in [3.8, 4) is 0 Å². The highest BCUT2D eigenvalue weighted by molar-refractivity contribution is 6.39. The molecule has 1 atom stereocenters. The van der Waals surface area contributed by atoms with Gasteiger partial charge in [-0.05, 0) is 50.6 Å². The van der Waals surface area contributed by atoms with Crippen molar-refractivity contribution in [1.29, 1.82) is 0 Å². The van der Waals surface area contributed by atoms with Gasteiger partial charge in [-0.25, -0.2) is 4.39 Å². The average Bonchev–Trinajstić information content (AvgIpc) is 3.07. The molecule has 2 N–H and O–H groups in total. The van der Waals surface area contributed by atoms with E-state index in [0.29, 0.717) is 6.61 Å². The Morgan fingerprint density at radius 1 is 1.18 bits per heavy atom. The highest BCUT2D eigenvalue weighted by Crippen LogP contribution is 2.36. The highest BCUT2D eigenvalue weighted by Gasteiger charge is 2.35. The third-order valence-electron chi connectivity index (χ3n) is 6.10. The number of nitrogens with zero attached hydrogens (tertiary/aromatic N) is 1. The van der Waals surface area contributed by atoms with Crippen LogP contribution in [-0.2, 0) is 10.2 Å². The summed E-state index contributed by atoms with van der Waals surface area (Å²) < 4.78 is 19.9. The quantitative estimate of drug-likeness (QED) is 0.642. The Kier molecular flexibility index (Phi) is 5.30. The molecule has 2 heterocycles. The van der Waals surface area contributed by atoms with Crippen molar-refractivity contribution >= 4 is 37.7 Å². The molecular formula is C21H26B2FN3O. The van der Waals surface area contributed by atoms with E-state index >= 15 is 0 Å². The molecule has 1 aliphatic rings. The van der Waals surface area contributed by atoms with Crippen molar-refractivity contribution in [3.05, 3.63) is 53.3 Å². The molecule has 0 bridgehead atoms. The predicted octanol–water partition coefficient (Wildman–Crippen LogP) is 0.618. The predicted molar refractivity (Wildman–Crippen MR) is 117 cm³/mol. The number of H-pyrrole nitrogens is 1. The van der Waals surface area contributed by atoms with Gasteiger partial charge in [0.1, 0.15) is 13.7 Å². The standard InChI is InChI=1S/C21H26B2FN3O/c1-13(17-10-15(22)11-18-19(17)26-27-20(18)23)28-12-21(6-8-25-9-7-21)14-2-4-16(24)5-3-14/h2-5,10-11,13,25H,6-9,12,22-23H2,1H3,(H,26,27)/t13-/m1/s1. The average molecular weight is 377 g/mol. The zero-order valence-electron chi connectivity index (χ0n) is 16.8. The minimum absolute atomic E-state index is 0.0607. The number of fused-ring (bicyclic) bond motifs is 1. The van der Waals surface area contributed by atoms with E-state index in [0.717, 1.165) is 53.6 Å². The van der Waals surface area contributed by atoms with Crippen LogP contribution in [0, 0.1) is 5.82 Å². The molecule has 1 aliphatic heterocycles. The number of ether oxygens (including phenoxy) is 1. The molecule has 144 valence electrons. The second kappa shape index (κ2) is 7.72. The number of hydrogen-bond donors (Lipinski definition) is 2. The number of nitrogens with one attached hydrogen (secondary N) is 2. The van der Waals surface area contributed by atoms with Crippen LogP contribution in [0.4, 0.5) is 4.39 Å². The summed E-state index contributed by atoms with van der Waals surface area (Å²) in [5, 5.41) is 12.1. The maximum atomic E-state index is 13.4. The first kappa shape index (κ1) is 19.2. The molecule has 0 spiro atoms. The van der Waals surface area contributed by atoms with E-state index in [1.165, 1.54) is 5.46 Å². The SMILES string of the molecule is Bc1cc([C@@H](C)OCC2(c3ccc(F)cc3)CCNCC2)c2[nH]nc(B)c2c1. The van der Waals surface area contributed by atoms with Crippen LogP contribution in [0.15, 0.2) is 36.4 Å². The minimum Gasteiger partial charge on any atom is -0.373 e. The summed E-state index contributed by atoms with van der Waals surface area (Å²) in [7, 11) is 4.13. The van der Waals surface area contributed by atoms with Crippen LogP contribution in [-0.4, -0.2) is 45.6 Å². The molecule has 0 amide bonds. The van der Waals surface area contributed by atoms with Crippen LogP contribution >= 0.6 is 0 Å². The zero-order valence-corrected chi connectivity index (χ0v) is 16.8. The molecule has 0 saturated carbocycles. The van der Waals surface area contributed by atoms with Gasteiger partial charge in [0.2, 0.25) is 0 Å². The van der Waals surface area contributed by atoms with Crippen molar-refractivity contribution < 1.29 is 9.13 Å².